The Balaban J connectivity index is 1.67. The number of rotatable bonds is 4. The van der Waals surface area contributed by atoms with Gasteiger partial charge in [0.2, 0.25) is 0 Å². The van der Waals surface area contributed by atoms with Gasteiger partial charge in [-0.05, 0) is 80.0 Å². The predicted molar refractivity (Wildman–Crippen MR) is 107 cm³/mol. The highest BCUT2D eigenvalue weighted by Gasteiger charge is 2.64. The van der Waals surface area contributed by atoms with E-state index in [1.54, 1.807) is 0 Å². The lowest BCUT2D eigenvalue weighted by Crippen LogP contribution is -2.59. The molecule has 0 radical (unpaired) electrons. The van der Waals surface area contributed by atoms with Gasteiger partial charge in [-0.3, -0.25) is 9.59 Å². The molecule has 4 aliphatic carbocycles. The molecule has 4 nitrogen and oxygen atoms in total. The minimum absolute atomic E-state index is 0.229. The highest BCUT2D eigenvalue weighted by atomic mass is 16.5. The molecule has 0 N–H and O–H groups in total. The number of allylic oxidation sites excluding steroid dienone is 1. The van der Waals surface area contributed by atoms with Crippen LogP contribution < -0.4 is 0 Å². The maximum absolute atomic E-state index is 11.6. The SMILES string of the molecule is C=C1C[C@@]23CC[C@@H]4C(COC(C)=O)(COC(C)=O)CCC[C@@]4(C)[C@@H]2CC[C@@H]1C3. The van der Waals surface area contributed by atoms with Crippen LogP contribution in [-0.4, -0.2) is 25.2 Å². The second kappa shape index (κ2) is 6.88. The van der Waals surface area contributed by atoms with Crippen LogP contribution in [0.3, 0.4) is 0 Å². The molecule has 0 amide bonds. The minimum Gasteiger partial charge on any atom is -0.465 e. The summed E-state index contributed by atoms with van der Waals surface area (Å²) in [4.78, 5) is 23.3. The van der Waals surface area contributed by atoms with Gasteiger partial charge in [0, 0.05) is 19.3 Å². The van der Waals surface area contributed by atoms with Crippen LogP contribution in [0.5, 0.6) is 0 Å². The molecule has 0 aromatic carbocycles. The summed E-state index contributed by atoms with van der Waals surface area (Å²) in [6, 6.07) is 0. The molecule has 4 rings (SSSR count). The topological polar surface area (TPSA) is 52.6 Å². The predicted octanol–water partition coefficient (Wildman–Crippen LogP) is 5.06. The zero-order chi connectivity index (χ0) is 20.2. The van der Waals surface area contributed by atoms with Crippen molar-refractivity contribution in [3.8, 4) is 0 Å². The van der Waals surface area contributed by atoms with Gasteiger partial charge in [-0.25, -0.2) is 0 Å². The number of esters is 2. The van der Waals surface area contributed by atoms with Crippen molar-refractivity contribution in [2.75, 3.05) is 13.2 Å². The van der Waals surface area contributed by atoms with Gasteiger partial charge >= 0.3 is 11.9 Å². The van der Waals surface area contributed by atoms with E-state index < -0.39 is 0 Å². The maximum Gasteiger partial charge on any atom is 0.302 e. The van der Waals surface area contributed by atoms with Crippen LogP contribution in [-0.2, 0) is 19.1 Å². The Hall–Kier alpha value is -1.32. The minimum atomic E-state index is -0.241. The quantitative estimate of drug-likeness (QED) is 0.499. The Morgan fingerprint density at radius 1 is 1.00 bits per heavy atom. The third-order valence-electron chi connectivity index (χ3n) is 9.13. The monoisotopic (exact) mass is 388 g/mol. The molecule has 1 spiro atoms. The summed E-state index contributed by atoms with van der Waals surface area (Å²) in [6.45, 7) is 10.6. The van der Waals surface area contributed by atoms with Crippen molar-refractivity contribution in [3.63, 3.8) is 0 Å². The summed E-state index contributed by atoms with van der Waals surface area (Å²) in [6.07, 6.45) is 10.9. The zero-order valence-electron chi connectivity index (χ0n) is 17.9. The van der Waals surface area contributed by atoms with Crippen molar-refractivity contribution in [1.82, 2.24) is 0 Å². The van der Waals surface area contributed by atoms with E-state index in [1.807, 2.05) is 0 Å². The summed E-state index contributed by atoms with van der Waals surface area (Å²) in [5.41, 5.74) is 1.92. The Morgan fingerprint density at radius 2 is 1.68 bits per heavy atom. The molecule has 0 saturated heterocycles. The second-order valence-corrected chi connectivity index (χ2v) is 10.6. The van der Waals surface area contributed by atoms with Crippen LogP contribution in [0.25, 0.3) is 0 Å². The first-order valence-electron chi connectivity index (χ1n) is 11.2. The maximum atomic E-state index is 11.6. The Bertz CT molecular complexity index is 664. The molecular weight excluding hydrogens is 352 g/mol. The van der Waals surface area contributed by atoms with Crippen molar-refractivity contribution in [1.29, 1.82) is 0 Å². The van der Waals surface area contributed by atoms with Gasteiger partial charge in [0.05, 0.1) is 0 Å². The standard InChI is InChI=1S/C24H36O4/c1-16-12-23-11-8-21-22(4,20(23)7-6-19(16)13-23)9-5-10-24(21,14-27-17(2)25)15-28-18(3)26/h19-21H,1,5-15H2,2-4H3/t19-,20+,21+,22+,23-/m1/s1. The summed E-state index contributed by atoms with van der Waals surface area (Å²) in [7, 11) is 0. The normalized spacial score (nSPS) is 41.0. The van der Waals surface area contributed by atoms with Crippen molar-refractivity contribution in [2.24, 2.45) is 34.0 Å². The van der Waals surface area contributed by atoms with Gasteiger partial charge in [0.15, 0.2) is 0 Å². The first kappa shape index (κ1) is 20.0. The zero-order valence-corrected chi connectivity index (χ0v) is 17.9. The van der Waals surface area contributed by atoms with Gasteiger partial charge in [-0.2, -0.15) is 0 Å². The average molecular weight is 389 g/mol. The van der Waals surface area contributed by atoms with Crippen LogP contribution in [0.2, 0.25) is 0 Å². The molecule has 156 valence electrons. The molecule has 0 aliphatic heterocycles. The summed E-state index contributed by atoms with van der Waals surface area (Å²) in [5.74, 6) is 1.41. The lowest BCUT2D eigenvalue weighted by Gasteiger charge is -2.64. The van der Waals surface area contributed by atoms with Crippen molar-refractivity contribution in [3.05, 3.63) is 12.2 Å². The summed E-state index contributed by atoms with van der Waals surface area (Å²) >= 11 is 0. The number of hydrogen-bond acceptors (Lipinski definition) is 4. The highest BCUT2D eigenvalue weighted by Crippen LogP contribution is 2.72. The smallest absolute Gasteiger partial charge is 0.302 e. The fraction of sp³-hybridized carbons (Fsp3) is 0.833. The van der Waals surface area contributed by atoms with Crippen molar-refractivity contribution >= 4 is 11.9 Å². The van der Waals surface area contributed by atoms with E-state index in [-0.39, 0.29) is 22.8 Å². The van der Waals surface area contributed by atoms with Gasteiger partial charge in [-0.15, -0.1) is 0 Å². The molecular formula is C24H36O4. The first-order valence-corrected chi connectivity index (χ1v) is 11.2. The number of fused-ring (bicyclic) bond motifs is 3. The molecule has 4 aliphatic rings. The lowest BCUT2D eigenvalue weighted by molar-refractivity contribution is -0.192. The van der Waals surface area contributed by atoms with E-state index >= 15 is 0 Å². The molecule has 28 heavy (non-hydrogen) atoms. The average Bonchev–Trinajstić information content (AvgIpc) is 2.86. The van der Waals surface area contributed by atoms with Crippen LogP contribution in [0.1, 0.15) is 78.6 Å². The second-order valence-electron chi connectivity index (χ2n) is 10.6. The number of ether oxygens (including phenoxy) is 2. The molecule has 4 fully saturated rings. The Morgan fingerprint density at radius 3 is 2.32 bits per heavy atom. The molecule has 0 aromatic rings. The van der Waals surface area contributed by atoms with Crippen LogP contribution in [0.4, 0.5) is 0 Å². The number of hydrogen-bond donors (Lipinski definition) is 0. The number of carbonyl (C=O) groups excluding carboxylic acids is 2. The van der Waals surface area contributed by atoms with Crippen LogP contribution in [0.15, 0.2) is 12.2 Å². The molecule has 0 unspecified atom stereocenters. The van der Waals surface area contributed by atoms with Crippen LogP contribution >= 0.6 is 0 Å². The Kier molecular flexibility index (Phi) is 4.91. The largest absolute Gasteiger partial charge is 0.465 e. The van der Waals surface area contributed by atoms with E-state index in [2.05, 4.69) is 13.5 Å². The van der Waals surface area contributed by atoms with E-state index in [4.69, 9.17) is 9.47 Å². The highest BCUT2D eigenvalue weighted by molar-refractivity contribution is 5.66. The fourth-order valence-corrected chi connectivity index (χ4v) is 8.18. The molecule has 4 saturated carbocycles. The third kappa shape index (κ3) is 3.02. The van der Waals surface area contributed by atoms with Gasteiger partial charge in [-0.1, -0.05) is 25.5 Å². The van der Waals surface area contributed by atoms with E-state index in [9.17, 15) is 9.59 Å². The van der Waals surface area contributed by atoms with E-state index in [1.165, 1.54) is 57.9 Å². The molecule has 0 aromatic heterocycles. The van der Waals surface area contributed by atoms with Crippen LogP contribution in [0, 0.1) is 34.0 Å². The van der Waals surface area contributed by atoms with Gasteiger partial charge < -0.3 is 9.47 Å². The van der Waals surface area contributed by atoms with Crippen molar-refractivity contribution in [2.45, 2.75) is 78.6 Å². The van der Waals surface area contributed by atoms with Gasteiger partial charge in [0.25, 0.3) is 0 Å². The van der Waals surface area contributed by atoms with Gasteiger partial charge in [0.1, 0.15) is 13.2 Å². The summed E-state index contributed by atoms with van der Waals surface area (Å²) < 4.78 is 11.2. The van der Waals surface area contributed by atoms with Crippen molar-refractivity contribution < 1.29 is 19.1 Å². The molecule has 5 atom stereocenters. The molecule has 2 bridgehead atoms. The Labute approximate surface area is 169 Å². The lowest BCUT2D eigenvalue weighted by atomic mass is 9.41. The van der Waals surface area contributed by atoms with E-state index in [0.29, 0.717) is 30.5 Å². The first-order chi connectivity index (χ1) is 13.2. The molecule has 0 heterocycles. The third-order valence-corrected chi connectivity index (χ3v) is 9.13. The van der Waals surface area contributed by atoms with E-state index in [0.717, 1.165) is 25.2 Å². The number of carbonyl (C=O) groups is 2. The summed E-state index contributed by atoms with van der Waals surface area (Å²) in [5, 5.41) is 0. The fourth-order valence-electron chi connectivity index (χ4n) is 8.18. The molecule has 4 heteroatoms.